The van der Waals surface area contributed by atoms with Crippen molar-refractivity contribution in [3.05, 3.63) is 28.7 Å². The van der Waals surface area contributed by atoms with Crippen LogP contribution in [0.15, 0.2) is 28.7 Å². The minimum atomic E-state index is 0.624. The molecule has 106 valence electrons. The van der Waals surface area contributed by atoms with Gasteiger partial charge in [0.2, 0.25) is 0 Å². The Balaban J connectivity index is 1.57. The van der Waals surface area contributed by atoms with Crippen LogP contribution in [0.5, 0.6) is 5.75 Å². The molecule has 0 spiro atoms. The van der Waals surface area contributed by atoms with Gasteiger partial charge >= 0.3 is 0 Å². The third-order valence-electron chi connectivity index (χ3n) is 3.69. The molecule has 0 N–H and O–H groups in total. The lowest BCUT2D eigenvalue weighted by atomic mass is 9.83. The third kappa shape index (κ3) is 5.53. The molecule has 2 unspecified atom stereocenters. The van der Waals surface area contributed by atoms with E-state index in [1.165, 1.54) is 25.7 Å². The van der Waals surface area contributed by atoms with E-state index in [9.17, 15) is 0 Å². The quantitative estimate of drug-likeness (QED) is 0.707. The fourth-order valence-corrected chi connectivity index (χ4v) is 3.11. The van der Waals surface area contributed by atoms with Gasteiger partial charge in [0.25, 0.3) is 0 Å². The Morgan fingerprint density at radius 2 is 2.16 bits per heavy atom. The van der Waals surface area contributed by atoms with Crippen molar-refractivity contribution < 1.29 is 9.47 Å². The number of rotatable bonds is 6. The second-order valence-electron chi connectivity index (χ2n) is 5.52. The molecule has 3 heteroatoms. The van der Waals surface area contributed by atoms with Crippen molar-refractivity contribution in [2.75, 3.05) is 19.8 Å². The Bertz CT molecular complexity index is 381. The predicted molar refractivity (Wildman–Crippen MR) is 81.6 cm³/mol. The summed E-state index contributed by atoms with van der Waals surface area (Å²) in [5.74, 6) is 2.53. The van der Waals surface area contributed by atoms with E-state index in [1.807, 2.05) is 24.3 Å². The zero-order valence-electron chi connectivity index (χ0n) is 11.6. The van der Waals surface area contributed by atoms with Crippen molar-refractivity contribution in [1.29, 1.82) is 0 Å². The Hall–Kier alpha value is -0.540. The van der Waals surface area contributed by atoms with Crippen LogP contribution in [0.1, 0.15) is 32.6 Å². The zero-order chi connectivity index (χ0) is 13.5. The number of halogens is 1. The van der Waals surface area contributed by atoms with E-state index in [-0.39, 0.29) is 0 Å². The van der Waals surface area contributed by atoms with Gasteiger partial charge in [-0.1, -0.05) is 41.8 Å². The summed E-state index contributed by atoms with van der Waals surface area (Å²) in [6.07, 6.45) is 5.41. The second kappa shape index (κ2) is 7.91. The molecule has 0 aliphatic heterocycles. The summed E-state index contributed by atoms with van der Waals surface area (Å²) >= 11 is 3.43. The first kappa shape index (κ1) is 14.9. The van der Waals surface area contributed by atoms with Crippen molar-refractivity contribution in [1.82, 2.24) is 0 Å². The van der Waals surface area contributed by atoms with Gasteiger partial charge in [0, 0.05) is 11.1 Å². The first-order valence-corrected chi connectivity index (χ1v) is 7.99. The fourth-order valence-electron chi connectivity index (χ4n) is 2.74. The van der Waals surface area contributed by atoms with E-state index in [2.05, 4.69) is 22.9 Å². The van der Waals surface area contributed by atoms with Gasteiger partial charge in [-0.05, 0) is 42.9 Å². The van der Waals surface area contributed by atoms with Gasteiger partial charge in [0.1, 0.15) is 12.4 Å². The zero-order valence-corrected chi connectivity index (χ0v) is 13.2. The monoisotopic (exact) mass is 326 g/mol. The summed E-state index contributed by atoms with van der Waals surface area (Å²) in [7, 11) is 0. The minimum absolute atomic E-state index is 0.624. The van der Waals surface area contributed by atoms with Crippen molar-refractivity contribution in [2.24, 2.45) is 11.8 Å². The maximum Gasteiger partial charge on any atom is 0.120 e. The van der Waals surface area contributed by atoms with E-state index >= 15 is 0 Å². The summed E-state index contributed by atoms with van der Waals surface area (Å²) in [5.41, 5.74) is 0. The number of hydrogen-bond donors (Lipinski definition) is 0. The molecule has 0 aromatic heterocycles. The third-order valence-corrected chi connectivity index (χ3v) is 4.18. The first-order chi connectivity index (χ1) is 9.24. The predicted octanol–water partition coefficient (Wildman–Crippen LogP) is 4.67. The van der Waals surface area contributed by atoms with Gasteiger partial charge in [-0.25, -0.2) is 0 Å². The Labute approximate surface area is 124 Å². The summed E-state index contributed by atoms with van der Waals surface area (Å²) in [6, 6.07) is 7.91. The molecule has 2 nitrogen and oxygen atoms in total. The van der Waals surface area contributed by atoms with Crippen LogP contribution < -0.4 is 4.74 Å². The number of hydrogen-bond acceptors (Lipinski definition) is 2. The van der Waals surface area contributed by atoms with Crippen LogP contribution >= 0.6 is 15.9 Å². The molecule has 2 atom stereocenters. The summed E-state index contributed by atoms with van der Waals surface area (Å²) in [4.78, 5) is 0. The van der Waals surface area contributed by atoms with Gasteiger partial charge < -0.3 is 9.47 Å². The average Bonchev–Trinajstić information content (AvgIpc) is 2.38. The molecule has 0 amide bonds. The van der Waals surface area contributed by atoms with Gasteiger partial charge in [-0.15, -0.1) is 0 Å². The van der Waals surface area contributed by atoms with E-state index in [0.717, 1.165) is 28.7 Å². The molecule has 1 aromatic carbocycles. The average molecular weight is 327 g/mol. The summed E-state index contributed by atoms with van der Waals surface area (Å²) in [5, 5.41) is 0. The Morgan fingerprint density at radius 3 is 2.95 bits per heavy atom. The fraction of sp³-hybridized carbons (Fsp3) is 0.625. The lowest BCUT2D eigenvalue weighted by Crippen LogP contribution is -2.19. The molecule has 1 fully saturated rings. The normalized spacial score (nSPS) is 23.3. The molecule has 1 saturated carbocycles. The molecule has 19 heavy (non-hydrogen) atoms. The molecule has 2 rings (SSSR count). The Morgan fingerprint density at radius 1 is 1.26 bits per heavy atom. The van der Waals surface area contributed by atoms with Crippen LogP contribution in [0.3, 0.4) is 0 Å². The lowest BCUT2D eigenvalue weighted by molar-refractivity contribution is 0.0570. The van der Waals surface area contributed by atoms with Crippen molar-refractivity contribution in [2.45, 2.75) is 32.6 Å². The minimum Gasteiger partial charge on any atom is -0.491 e. The standard InChI is InChI=1S/C16H23BrO2/c1-13-4-2-5-14(10-13)12-18-8-9-19-16-7-3-6-15(17)11-16/h3,6-7,11,13-14H,2,4-5,8-10,12H2,1H3. The summed E-state index contributed by atoms with van der Waals surface area (Å²) in [6.45, 7) is 4.55. The van der Waals surface area contributed by atoms with Gasteiger partial charge in [-0.3, -0.25) is 0 Å². The van der Waals surface area contributed by atoms with Crippen LogP contribution in [0.2, 0.25) is 0 Å². The van der Waals surface area contributed by atoms with Crippen LogP contribution in [-0.2, 0) is 4.74 Å². The summed E-state index contributed by atoms with van der Waals surface area (Å²) < 4.78 is 12.4. The lowest BCUT2D eigenvalue weighted by Gasteiger charge is -2.26. The van der Waals surface area contributed by atoms with E-state index < -0.39 is 0 Å². The highest BCUT2D eigenvalue weighted by molar-refractivity contribution is 9.10. The largest absolute Gasteiger partial charge is 0.491 e. The second-order valence-corrected chi connectivity index (χ2v) is 6.43. The van der Waals surface area contributed by atoms with Gasteiger partial charge in [0.05, 0.1) is 6.61 Å². The topological polar surface area (TPSA) is 18.5 Å². The SMILES string of the molecule is CC1CCCC(COCCOc2cccc(Br)c2)C1. The molecular formula is C16H23BrO2. The molecule has 0 bridgehead atoms. The maximum absolute atomic E-state index is 5.74. The Kier molecular flexibility index (Phi) is 6.18. The maximum atomic E-state index is 5.74. The first-order valence-electron chi connectivity index (χ1n) is 7.20. The molecule has 0 radical (unpaired) electrons. The van der Waals surface area contributed by atoms with Crippen molar-refractivity contribution in [3.8, 4) is 5.75 Å². The van der Waals surface area contributed by atoms with Crippen molar-refractivity contribution in [3.63, 3.8) is 0 Å². The smallest absolute Gasteiger partial charge is 0.120 e. The molecule has 0 heterocycles. The molecule has 1 aliphatic carbocycles. The van der Waals surface area contributed by atoms with E-state index in [0.29, 0.717) is 13.2 Å². The van der Waals surface area contributed by atoms with Gasteiger partial charge in [0.15, 0.2) is 0 Å². The number of ether oxygens (including phenoxy) is 2. The van der Waals surface area contributed by atoms with Crippen LogP contribution in [0.25, 0.3) is 0 Å². The van der Waals surface area contributed by atoms with Gasteiger partial charge in [-0.2, -0.15) is 0 Å². The molecule has 0 saturated heterocycles. The highest BCUT2D eigenvalue weighted by Gasteiger charge is 2.18. The van der Waals surface area contributed by atoms with Crippen LogP contribution in [-0.4, -0.2) is 19.8 Å². The highest BCUT2D eigenvalue weighted by atomic mass is 79.9. The molecule has 1 aromatic rings. The van der Waals surface area contributed by atoms with Crippen molar-refractivity contribution >= 4 is 15.9 Å². The molecule has 1 aliphatic rings. The van der Waals surface area contributed by atoms with E-state index in [1.54, 1.807) is 0 Å². The highest BCUT2D eigenvalue weighted by Crippen LogP contribution is 2.28. The number of benzene rings is 1. The van der Waals surface area contributed by atoms with Crippen LogP contribution in [0, 0.1) is 11.8 Å². The van der Waals surface area contributed by atoms with Crippen LogP contribution in [0.4, 0.5) is 0 Å². The van der Waals surface area contributed by atoms with E-state index in [4.69, 9.17) is 9.47 Å². The molecular weight excluding hydrogens is 304 g/mol.